The molecule has 1 aliphatic carbocycles. The van der Waals surface area contributed by atoms with Crippen LogP contribution >= 0.6 is 11.8 Å². The summed E-state index contributed by atoms with van der Waals surface area (Å²) in [5, 5.41) is 2.35. The van der Waals surface area contributed by atoms with E-state index in [9.17, 15) is 0 Å². The van der Waals surface area contributed by atoms with Gasteiger partial charge in [-0.2, -0.15) is 0 Å². The second-order valence-corrected chi connectivity index (χ2v) is 16.6. The van der Waals surface area contributed by atoms with Crippen molar-refractivity contribution in [2.45, 2.75) is 15.2 Å². The van der Waals surface area contributed by atoms with Gasteiger partial charge in [0.1, 0.15) is 0 Å². The molecule has 0 saturated carbocycles. The Labute approximate surface area is 353 Å². The van der Waals surface area contributed by atoms with Crippen LogP contribution in [0, 0.1) is 0 Å². The van der Waals surface area contributed by atoms with Crippen LogP contribution in [-0.4, -0.2) is 15.0 Å². The number of pyridine rings is 1. The van der Waals surface area contributed by atoms with Crippen molar-refractivity contribution in [3.8, 4) is 67.3 Å². The quantitative estimate of drug-likeness (QED) is 0.174. The van der Waals surface area contributed by atoms with Crippen LogP contribution < -0.4 is 0 Å². The van der Waals surface area contributed by atoms with Crippen molar-refractivity contribution in [3.63, 3.8) is 0 Å². The Morgan fingerprint density at radius 2 is 0.917 bits per heavy atom. The van der Waals surface area contributed by atoms with Gasteiger partial charge in [-0.1, -0.05) is 176 Å². The zero-order chi connectivity index (χ0) is 39.6. The maximum Gasteiger partial charge on any atom is 0.160 e. The minimum absolute atomic E-state index is 0.513. The zero-order valence-electron chi connectivity index (χ0n) is 32.5. The molecule has 0 unspecified atom stereocenters. The lowest BCUT2D eigenvalue weighted by molar-refractivity contribution is 0.723. The summed E-state index contributed by atoms with van der Waals surface area (Å²) in [5.74, 6) is 0.714. The number of fused-ring (bicyclic) bond motifs is 10. The van der Waals surface area contributed by atoms with Crippen molar-refractivity contribution in [1.82, 2.24) is 15.0 Å². The molecule has 10 aromatic rings. The van der Waals surface area contributed by atoms with Crippen LogP contribution in [0.2, 0.25) is 0 Å². The van der Waals surface area contributed by atoms with E-state index in [1.807, 2.05) is 48.4 Å². The molecule has 1 spiro atoms. The van der Waals surface area contributed by atoms with E-state index in [-0.39, 0.29) is 0 Å². The van der Waals surface area contributed by atoms with E-state index < -0.39 is 5.41 Å². The smallest absolute Gasteiger partial charge is 0.160 e. The van der Waals surface area contributed by atoms with Crippen LogP contribution in [0.15, 0.2) is 222 Å². The van der Waals surface area contributed by atoms with Crippen LogP contribution in [0.4, 0.5) is 0 Å². The summed E-state index contributed by atoms with van der Waals surface area (Å²) in [4.78, 5) is 17.2. The molecule has 2 aliphatic rings. The number of nitrogens with zero attached hydrogens (tertiary/aromatic N) is 3. The van der Waals surface area contributed by atoms with Gasteiger partial charge in [0.2, 0.25) is 0 Å². The Morgan fingerprint density at radius 3 is 1.60 bits per heavy atom. The molecule has 2 aromatic heterocycles. The number of hydrogen-bond donors (Lipinski definition) is 0. The Balaban J connectivity index is 1.02. The SMILES string of the molecule is c1ccc(-c2cc(-c3ccc(-c4ccc5c(c4)C4(c6ccccc6Sc6ccccc64)c4cc(-c6cccc7ccncc67)ccc4-5)cc3)nc(-c3ccccc3)n2)cc1. The molecule has 0 bridgehead atoms. The molecule has 1 aliphatic heterocycles. The van der Waals surface area contributed by atoms with Crippen LogP contribution in [0.25, 0.3) is 78.1 Å². The largest absolute Gasteiger partial charge is 0.264 e. The summed E-state index contributed by atoms with van der Waals surface area (Å²) >= 11 is 1.88. The zero-order valence-corrected chi connectivity index (χ0v) is 33.3. The van der Waals surface area contributed by atoms with Crippen molar-refractivity contribution >= 4 is 22.5 Å². The Hall–Kier alpha value is -7.40. The highest BCUT2D eigenvalue weighted by Gasteiger charge is 2.50. The van der Waals surface area contributed by atoms with Crippen molar-refractivity contribution in [2.24, 2.45) is 0 Å². The van der Waals surface area contributed by atoms with E-state index >= 15 is 0 Å². The number of benzene rings is 8. The van der Waals surface area contributed by atoms with Gasteiger partial charge in [-0.15, -0.1) is 0 Å². The molecular formula is C56H35N3S. The second kappa shape index (κ2) is 13.9. The summed E-state index contributed by atoms with van der Waals surface area (Å²) in [6.07, 6.45) is 3.87. The van der Waals surface area contributed by atoms with E-state index in [0.717, 1.165) is 39.0 Å². The monoisotopic (exact) mass is 781 g/mol. The molecule has 0 atom stereocenters. The van der Waals surface area contributed by atoms with E-state index in [1.165, 1.54) is 65.2 Å². The van der Waals surface area contributed by atoms with Crippen molar-refractivity contribution in [2.75, 3.05) is 0 Å². The van der Waals surface area contributed by atoms with Crippen molar-refractivity contribution < 1.29 is 0 Å². The fraction of sp³-hybridized carbons (Fsp3) is 0.0179. The average molecular weight is 782 g/mol. The average Bonchev–Trinajstić information content (AvgIpc) is 3.61. The summed E-state index contributed by atoms with van der Waals surface area (Å²) in [5.41, 5.74) is 16.9. The van der Waals surface area contributed by atoms with Gasteiger partial charge in [-0.3, -0.25) is 4.98 Å². The highest BCUT2D eigenvalue weighted by atomic mass is 32.2. The first-order valence-electron chi connectivity index (χ1n) is 20.3. The summed E-state index contributed by atoms with van der Waals surface area (Å²) < 4.78 is 0. The van der Waals surface area contributed by atoms with Gasteiger partial charge >= 0.3 is 0 Å². The van der Waals surface area contributed by atoms with Gasteiger partial charge in [-0.25, -0.2) is 9.97 Å². The van der Waals surface area contributed by atoms with Gasteiger partial charge in [0, 0.05) is 44.3 Å². The Bertz CT molecular complexity index is 3180. The van der Waals surface area contributed by atoms with Gasteiger partial charge in [-0.05, 0) is 97.4 Å². The van der Waals surface area contributed by atoms with Crippen LogP contribution in [0.5, 0.6) is 0 Å². The molecule has 280 valence electrons. The molecule has 8 aromatic carbocycles. The minimum atomic E-state index is -0.513. The minimum Gasteiger partial charge on any atom is -0.264 e. The normalized spacial score (nSPS) is 13.1. The number of aromatic nitrogens is 3. The molecule has 0 amide bonds. The molecule has 60 heavy (non-hydrogen) atoms. The van der Waals surface area contributed by atoms with E-state index in [0.29, 0.717) is 5.82 Å². The first-order chi connectivity index (χ1) is 29.7. The standard InChI is InChI=1S/C56H35N3S/c1-3-12-38(13-4-1)51-34-52(59-55(58-51)40-14-5-2-6-15-40)39-24-22-36(23-25-39)41-26-28-44-45-29-27-42(43-17-11-16-37-30-31-57-35-46(37)43)33-50(45)56(49(44)32-41)47-18-7-9-20-53(47)60-54-21-10-8-19-48(54)56/h1-35H. The fourth-order valence-electron chi connectivity index (χ4n) is 9.51. The fourth-order valence-corrected chi connectivity index (χ4v) is 10.7. The predicted molar refractivity (Wildman–Crippen MR) is 246 cm³/mol. The molecule has 3 nitrogen and oxygen atoms in total. The topological polar surface area (TPSA) is 38.7 Å². The molecule has 4 heteroatoms. The maximum absolute atomic E-state index is 5.10. The molecule has 0 radical (unpaired) electrons. The van der Waals surface area contributed by atoms with Crippen LogP contribution in [0.1, 0.15) is 22.3 Å². The van der Waals surface area contributed by atoms with Gasteiger partial charge in [0.15, 0.2) is 5.82 Å². The lowest BCUT2D eigenvalue weighted by Gasteiger charge is -2.40. The highest BCUT2D eigenvalue weighted by molar-refractivity contribution is 7.99. The third kappa shape index (κ3) is 5.42. The molecule has 0 fully saturated rings. The first-order valence-corrected chi connectivity index (χ1v) is 21.1. The van der Waals surface area contributed by atoms with E-state index in [2.05, 4.69) is 181 Å². The summed E-state index contributed by atoms with van der Waals surface area (Å²) in [6.45, 7) is 0. The third-order valence-electron chi connectivity index (χ3n) is 12.3. The van der Waals surface area contributed by atoms with Crippen molar-refractivity contribution in [1.29, 1.82) is 0 Å². The van der Waals surface area contributed by atoms with Gasteiger partial charge in [0.05, 0.1) is 16.8 Å². The Morgan fingerprint density at radius 1 is 0.367 bits per heavy atom. The lowest BCUT2D eigenvalue weighted by Crippen LogP contribution is -2.32. The second-order valence-electron chi connectivity index (χ2n) is 15.5. The molecular weight excluding hydrogens is 747 g/mol. The van der Waals surface area contributed by atoms with E-state index in [1.54, 1.807) is 0 Å². The van der Waals surface area contributed by atoms with Crippen molar-refractivity contribution in [3.05, 3.63) is 235 Å². The molecule has 0 N–H and O–H groups in total. The first kappa shape index (κ1) is 34.6. The number of rotatable bonds is 5. The summed E-state index contributed by atoms with van der Waals surface area (Å²) in [6, 6.07) is 72.5. The van der Waals surface area contributed by atoms with Gasteiger partial charge < -0.3 is 0 Å². The van der Waals surface area contributed by atoms with Crippen LogP contribution in [-0.2, 0) is 5.41 Å². The maximum atomic E-state index is 5.10. The van der Waals surface area contributed by atoms with Crippen LogP contribution in [0.3, 0.4) is 0 Å². The third-order valence-corrected chi connectivity index (χ3v) is 13.4. The van der Waals surface area contributed by atoms with Gasteiger partial charge in [0.25, 0.3) is 0 Å². The molecule has 0 saturated heterocycles. The Kier molecular flexibility index (Phi) is 8.00. The van der Waals surface area contributed by atoms with E-state index in [4.69, 9.17) is 9.97 Å². The number of hydrogen-bond acceptors (Lipinski definition) is 4. The highest BCUT2D eigenvalue weighted by Crippen LogP contribution is 2.63. The predicted octanol–water partition coefficient (Wildman–Crippen LogP) is 14.2. The summed E-state index contributed by atoms with van der Waals surface area (Å²) in [7, 11) is 0. The lowest BCUT2D eigenvalue weighted by atomic mass is 9.66. The molecule has 12 rings (SSSR count). The molecule has 3 heterocycles.